The van der Waals surface area contributed by atoms with Crippen LogP contribution in [0, 0.1) is 11.8 Å². The van der Waals surface area contributed by atoms with Gasteiger partial charge >= 0.3 is 0 Å². The fourth-order valence-electron chi connectivity index (χ4n) is 1.43. The molecule has 0 unspecified atom stereocenters. The minimum atomic E-state index is 0.472. The van der Waals surface area contributed by atoms with Gasteiger partial charge in [-0.3, -0.25) is 4.79 Å². The van der Waals surface area contributed by atoms with E-state index in [1.54, 1.807) is 0 Å². The Kier molecular flexibility index (Phi) is 0.786. The van der Waals surface area contributed by atoms with Crippen molar-refractivity contribution in [2.45, 2.75) is 12.2 Å². The van der Waals surface area contributed by atoms with Crippen molar-refractivity contribution in [1.82, 2.24) is 0 Å². The minimum absolute atomic E-state index is 0.472. The molecule has 2 heteroatoms. The van der Waals surface area contributed by atoms with E-state index in [9.17, 15) is 4.79 Å². The summed E-state index contributed by atoms with van der Waals surface area (Å²) in [5.41, 5.74) is 0. The predicted octanol–water partition coefficient (Wildman–Crippen LogP) is 0.937. The number of carbonyl (C=O) groups is 1. The fourth-order valence-corrected chi connectivity index (χ4v) is 2.97. The van der Waals surface area contributed by atoms with E-state index < -0.39 is 0 Å². The molecule has 2 rings (SSSR count). The van der Waals surface area contributed by atoms with Crippen LogP contribution in [0.25, 0.3) is 0 Å². The van der Waals surface area contributed by atoms with Gasteiger partial charge in [0, 0.05) is 11.2 Å². The molecule has 1 saturated carbocycles. The summed E-state index contributed by atoms with van der Waals surface area (Å²) in [4.78, 5) is 10.8. The quantitative estimate of drug-likeness (QED) is 0.483. The normalized spacial score (nSPS) is 51.6. The Balaban J connectivity index is 2.18. The average Bonchev–Trinajstić information content (AvgIpc) is 2.13. The zero-order valence-electron chi connectivity index (χ0n) is 4.76. The van der Waals surface area contributed by atoms with E-state index in [0.29, 0.717) is 17.6 Å². The highest BCUT2D eigenvalue weighted by molar-refractivity contribution is 8.01. The van der Waals surface area contributed by atoms with Gasteiger partial charge in [0.1, 0.15) is 5.78 Å². The van der Waals surface area contributed by atoms with E-state index in [1.165, 1.54) is 0 Å². The van der Waals surface area contributed by atoms with Gasteiger partial charge in [0.25, 0.3) is 0 Å². The van der Waals surface area contributed by atoms with Crippen LogP contribution < -0.4 is 0 Å². The van der Waals surface area contributed by atoms with E-state index in [-0.39, 0.29) is 0 Å². The van der Waals surface area contributed by atoms with Crippen LogP contribution in [0.3, 0.4) is 0 Å². The van der Waals surface area contributed by atoms with Crippen molar-refractivity contribution in [2.24, 2.45) is 11.8 Å². The van der Waals surface area contributed by atoms with Crippen LogP contribution >= 0.6 is 11.8 Å². The third-order valence-corrected chi connectivity index (χ3v) is 3.65. The summed E-state index contributed by atoms with van der Waals surface area (Å²) >= 11 is 1.84. The summed E-state index contributed by atoms with van der Waals surface area (Å²) in [6.07, 6.45) is 0. The van der Waals surface area contributed by atoms with E-state index in [4.69, 9.17) is 0 Å². The molecule has 2 aliphatic rings. The third kappa shape index (κ3) is 0.419. The van der Waals surface area contributed by atoms with Gasteiger partial charge < -0.3 is 0 Å². The molecule has 1 nitrogen and oxygen atoms in total. The summed E-state index contributed by atoms with van der Waals surface area (Å²) in [5.74, 6) is 2.47. The van der Waals surface area contributed by atoms with E-state index in [1.807, 2.05) is 11.8 Å². The standard InChI is InChI=1S/C6H8OS/c1-3-5-4(7)2-8-6(3)5/h3,5-6H,2H2,1H3/t3-,5+,6+/m1/s1. The first-order chi connectivity index (χ1) is 3.80. The number of hydrogen-bond donors (Lipinski definition) is 0. The Labute approximate surface area is 52.8 Å². The first-order valence-electron chi connectivity index (χ1n) is 2.95. The molecule has 0 spiro atoms. The van der Waals surface area contributed by atoms with Crippen molar-refractivity contribution in [3.05, 3.63) is 0 Å². The van der Waals surface area contributed by atoms with Crippen molar-refractivity contribution in [1.29, 1.82) is 0 Å². The molecule has 0 aromatic carbocycles. The van der Waals surface area contributed by atoms with Gasteiger partial charge in [-0.2, -0.15) is 0 Å². The second-order valence-corrected chi connectivity index (χ2v) is 3.79. The van der Waals surface area contributed by atoms with Crippen LogP contribution in [0.4, 0.5) is 0 Å². The van der Waals surface area contributed by atoms with Crippen LogP contribution in [-0.4, -0.2) is 16.8 Å². The van der Waals surface area contributed by atoms with Gasteiger partial charge in [-0.15, -0.1) is 11.8 Å². The maximum atomic E-state index is 10.8. The van der Waals surface area contributed by atoms with Gasteiger partial charge in [-0.25, -0.2) is 0 Å². The zero-order valence-corrected chi connectivity index (χ0v) is 5.57. The second kappa shape index (κ2) is 1.29. The number of Topliss-reactive ketones (excluding diaryl/α,β-unsaturated/α-hetero) is 1. The molecule has 0 amide bonds. The Morgan fingerprint density at radius 3 is 2.75 bits per heavy atom. The van der Waals surface area contributed by atoms with Gasteiger partial charge in [0.15, 0.2) is 0 Å². The summed E-state index contributed by atoms with van der Waals surface area (Å²) in [5, 5.41) is 0.725. The highest BCUT2D eigenvalue weighted by Gasteiger charge is 2.55. The lowest BCUT2D eigenvalue weighted by molar-refractivity contribution is -0.117. The van der Waals surface area contributed by atoms with Gasteiger partial charge in [0.2, 0.25) is 0 Å². The van der Waals surface area contributed by atoms with E-state index >= 15 is 0 Å². The molecule has 0 aromatic rings. The zero-order chi connectivity index (χ0) is 5.72. The van der Waals surface area contributed by atoms with Gasteiger partial charge in [0.05, 0.1) is 5.75 Å². The molecule has 2 fully saturated rings. The molecule has 0 radical (unpaired) electrons. The Morgan fingerprint density at radius 2 is 2.50 bits per heavy atom. The summed E-state index contributed by atoms with van der Waals surface area (Å²) < 4.78 is 0. The number of ketones is 1. The molecule has 1 aliphatic carbocycles. The van der Waals surface area contributed by atoms with E-state index in [2.05, 4.69) is 6.92 Å². The maximum absolute atomic E-state index is 10.8. The Hall–Kier alpha value is 0.0200. The number of hydrogen-bond acceptors (Lipinski definition) is 2. The van der Waals surface area contributed by atoms with Crippen molar-refractivity contribution in [3.8, 4) is 0 Å². The summed E-state index contributed by atoms with van der Waals surface area (Å²) in [7, 11) is 0. The smallest absolute Gasteiger partial charge is 0.147 e. The molecule has 8 heavy (non-hydrogen) atoms. The molecule has 44 valence electrons. The SMILES string of the molecule is C[C@H]1[C@@H]2SCC(=O)[C@H]12. The molecule has 1 saturated heterocycles. The van der Waals surface area contributed by atoms with Crippen LogP contribution in [0.2, 0.25) is 0 Å². The molecule has 0 bridgehead atoms. The third-order valence-electron chi connectivity index (χ3n) is 2.09. The molecule has 3 atom stereocenters. The molecule has 0 N–H and O–H groups in total. The van der Waals surface area contributed by atoms with Crippen molar-refractivity contribution in [2.75, 3.05) is 5.75 Å². The van der Waals surface area contributed by atoms with Gasteiger partial charge in [-0.1, -0.05) is 6.92 Å². The second-order valence-electron chi connectivity index (χ2n) is 2.63. The van der Waals surface area contributed by atoms with Crippen LogP contribution in [0.1, 0.15) is 6.92 Å². The van der Waals surface area contributed by atoms with E-state index in [0.717, 1.165) is 11.0 Å². The Morgan fingerprint density at radius 1 is 1.75 bits per heavy atom. The van der Waals surface area contributed by atoms with Crippen LogP contribution in [-0.2, 0) is 4.79 Å². The van der Waals surface area contributed by atoms with Crippen LogP contribution in [0.15, 0.2) is 0 Å². The molecular weight excluding hydrogens is 120 g/mol. The van der Waals surface area contributed by atoms with Crippen molar-refractivity contribution < 1.29 is 4.79 Å². The van der Waals surface area contributed by atoms with Crippen molar-refractivity contribution >= 4 is 17.5 Å². The lowest BCUT2D eigenvalue weighted by Gasteiger charge is -1.89. The molecule has 1 heterocycles. The maximum Gasteiger partial charge on any atom is 0.147 e. The van der Waals surface area contributed by atoms with Crippen molar-refractivity contribution in [3.63, 3.8) is 0 Å². The van der Waals surface area contributed by atoms with Gasteiger partial charge in [-0.05, 0) is 5.92 Å². The fraction of sp³-hybridized carbons (Fsp3) is 0.833. The highest BCUT2D eigenvalue weighted by atomic mass is 32.2. The highest BCUT2D eigenvalue weighted by Crippen LogP contribution is 2.53. The first kappa shape index (κ1) is 4.86. The number of fused-ring (bicyclic) bond motifs is 1. The number of carbonyl (C=O) groups excluding carboxylic acids is 1. The minimum Gasteiger partial charge on any atom is -0.298 e. The largest absolute Gasteiger partial charge is 0.298 e. The monoisotopic (exact) mass is 128 g/mol. The first-order valence-corrected chi connectivity index (χ1v) is 4.00. The summed E-state index contributed by atoms with van der Waals surface area (Å²) in [6, 6.07) is 0. The molecule has 1 aliphatic heterocycles. The number of rotatable bonds is 0. The topological polar surface area (TPSA) is 17.1 Å². The molecular formula is C6H8OS. The average molecular weight is 128 g/mol. The summed E-state index contributed by atoms with van der Waals surface area (Å²) in [6.45, 7) is 2.17. The lowest BCUT2D eigenvalue weighted by atomic mass is 10.2. The van der Waals surface area contributed by atoms with Crippen LogP contribution in [0.5, 0.6) is 0 Å². The lowest BCUT2D eigenvalue weighted by Crippen LogP contribution is -2.00. The number of thioether (sulfide) groups is 1. The predicted molar refractivity (Wildman–Crippen MR) is 33.9 cm³/mol. The molecule has 0 aromatic heterocycles. The Bertz CT molecular complexity index is 143.